The molecule has 0 spiro atoms. The molecule has 4 rings (SSSR count). The van der Waals surface area contributed by atoms with Crippen LogP contribution in [0.3, 0.4) is 0 Å². The summed E-state index contributed by atoms with van der Waals surface area (Å²) in [6.45, 7) is 1.58. The van der Waals surface area contributed by atoms with E-state index >= 15 is 0 Å². The molecule has 1 saturated carbocycles. The second kappa shape index (κ2) is 8.91. The number of carbonyl (C=O) groups excluding carboxylic acids is 1. The topological polar surface area (TPSA) is 63.9 Å². The molecular weight excluding hydrogens is 368 g/mol. The third-order valence-electron chi connectivity index (χ3n) is 5.98. The van der Waals surface area contributed by atoms with E-state index in [1.165, 1.54) is 12.8 Å². The SMILES string of the molecule is COc1ccc(-c2ccn(CC(=O)N3CCC(O)CC3)c2)cc1OC1CCCC1. The van der Waals surface area contributed by atoms with E-state index in [0.717, 1.165) is 35.5 Å². The van der Waals surface area contributed by atoms with E-state index in [-0.39, 0.29) is 18.1 Å². The summed E-state index contributed by atoms with van der Waals surface area (Å²) >= 11 is 0. The minimum absolute atomic E-state index is 0.0963. The molecule has 1 aliphatic carbocycles. The monoisotopic (exact) mass is 398 g/mol. The first-order chi connectivity index (χ1) is 14.1. The lowest BCUT2D eigenvalue weighted by Crippen LogP contribution is -2.41. The summed E-state index contributed by atoms with van der Waals surface area (Å²) in [6.07, 6.45) is 9.90. The zero-order valence-corrected chi connectivity index (χ0v) is 17.0. The molecule has 6 nitrogen and oxygen atoms in total. The number of aliphatic hydroxyl groups is 1. The van der Waals surface area contributed by atoms with Crippen LogP contribution < -0.4 is 9.47 Å². The molecule has 0 atom stereocenters. The van der Waals surface area contributed by atoms with Crippen LogP contribution in [0.1, 0.15) is 38.5 Å². The van der Waals surface area contributed by atoms with Crippen LogP contribution >= 0.6 is 0 Å². The number of nitrogens with zero attached hydrogens (tertiary/aromatic N) is 2. The number of piperidine rings is 1. The predicted octanol–water partition coefficient (Wildman–Crippen LogP) is 3.47. The fourth-order valence-electron chi connectivity index (χ4n) is 4.22. The summed E-state index contributed by atoms with van der Waals surface area (Å²) in [5.74, 6) is 1.63. The van der Waals surface area contributed by atoms with Gasteiger partial charge in [0.2, 0.25) is 5.91 Å². The van der Waals surface area contributed by atoms with Gasteiger partial charge in [-0.05, 0) is 67.9 Å². The lowest BCUT2D eigenvalue weighted by molar-refractivity contribution is -0.133. The molecule has 2 aromatic rings. The highest BCUT2D eigenvalue weighted by Gasteiger charge is 2.22. The van der Waals surface area contributed by atoms with E-state index in [0.29, 0.717) is 32.5 Å². The Morgan fingerprint density at radius 2 is 1.83 bits per heavy atom. The Morgan fingerprint density at radius 3 is 2.55 bits per heavy atom. The number of aliphatic hydroxyl groups excluding tert-OH is 1. The number of ether oxygens (including phenoxy) is 2. The molecule has 2 aliphatic rings. The third kappa shape index (κ3) is 4.75. The smallest absolute Gasteiger partial charge is 0.242 e. The minimum atomic E-state index is -0.270. The average molecular weight is 399 g/mol. The van der Waals surface area contributed by atoms with E-state index in [1.54, 1.807) is 7.11 Å². The van der Waals surface area contributed by atoms with Gasteiger partial charge in [-0.2, -0.15) is 0 Å². The number of carbonyl (C=O) groups is 1. The van der Waals surface area contributed by atoms with Crippen molar-refractivity contribution in [2.45, 2.75) is 57.3 Å². The first kappa shape index (κ1) is 19.8. The predicted molar refractivity (Wildman–Crippen MR) is 111 cm³/mol. The molecule has 6 heteroatoms. The second-order valence-electron chi connectivity index (χ2n) is 8.07. The van der Waals surface area contributed by atoms with Gasteiger partial charge in [-0.1, -0.05) is 6.07 Å². The van der Waals surface area contributed by atoms with Gasteiger partial charge in [-0.3, -0.25) is 4.79 Å². The highest BCUT2D eigenvalue weighted by molar-refractivity contribution is 5.76. The molecule has 156 valence electrons. The molecule has 0 bridgehead atoms. The number of methoxy groups -OCH3 is 1. The number of amides is 1. The van der Waals surface area contributed by atoms with Crippen molar-refractivity contribution >= 4 is 5.91 Å². The first-order valence-corrected chi connectivity index (χ1v) is 10.6. The van der Waals surface area contributed by atoms with Crippen LogP contribution in [0.5, 0.6) is 11.5 Å². The average Bonchev–Trinajstić information content (AvgIpc) is 3.40. The zero-order valence-electron chi connectivity index (χ0n) is 17.0. The van der Waals surface area contributed by atoms with Crippen LogP contribution in [0.4, 0.5) is 0 Å². The Hall–Kier alpha value is -2.47. The molecule has 1 N–H and O–H groups in total. The van der Waals surface area contributed by atoms with Crippen molar-refractivity contribution in [1.82, 2.24) is 9.47 Å². The zero-order chi connectivity index (χ0) is 20.2. The van der Waals surface area contributed by atoms with E-state index in [9.17, 15) is 9.90 Å². The highest BCUT2D eigenvalue weighted by Crippen LogP contribution is 2.35. The van der Waals surface area contributed by atoms with E-state index in [1.807, 2.05) is 46.1 Å². The molecule has 1 saturated heterocycles. The minimum Gasteiger partial charge on any atom is -0.493 e. The molecule has 1 aliphatic heterocycles. The summed E-state index contributed by atoms with van der Waals surface area (Å²) in [5, 5.41) is 9.61. The Bertz CT molecular complexity index is 833. The van der Waals surface area contributed by atoms with Crippen LogP contribution in [0.25, 0.3) is 11.1 Å². The van der Waals surface area contributed by atoms with Crippen LogP contribution in [0.2, 0.25) is 0 Å². The number of hydrogen-bond acceptors (Lipinski definition) is 4. The lowest BCUT2D eigenvalue weighted by Gasteiger charge is -2.29. The van der Waals surface area contributed by atoms with Gasteiger partial charge >= 0.3 is 0 Å². The Kier molecular flexibility index (Phi) is 6.09. The van der Waals surface area contributed by atoms with Crippen molar-refractivity contribution in [1.29, 1.82) is 0 Å². The van der Waals surface area contributed by atoms with Gasteiger partial charge in [0.15, 0.2) is 11.5 Å². The van der Waals surface area contributed by atoms with Crippen molar-refractivity contribution in [3.05, 3.63) is 36.7 Å². The van der Waals surface area contributed by atoms with Crippen molar-refractivity contribution in [3.8, 4) is 22.6 Å². The molecule has 2 fully saturated rings. The molecule has 0 unspecified atom stereocenters. The molecule has 2 heterocycles. The van der Waals surface area contributed by atoms with E-state index in [4.69, 9.17) is 9.47 Å². The number of rotatable bonds is 6. The first-order valence-electron chi connectivity index (χ1n) is 10.6. The van der Waals surface area contributed by atoms with Crippen LogP contribution in [-0.2, 0) is 11.3 Å². The summed E-state index contributed by atoms with van der Waals surface area (Å²) < 4.78 is 13.6. The largest absolute Gasteiger partial charge is 0.493 e. The van der Waals surface area contributed by atoms with E-state index in [2.05, 4.69) is 0 Å². The fourth-order valence-corrected chi connectivity index (χ4v) is 4.22. The molecule has 1 amide bonds. The maximum Gasteiger partial charge on any atom is 0.242 e. The quantitative estimate of drug-likeness (QED) is 0.809. The fraction of sp³-hybridized carbons (Fsp3) is 0.522. The third-order valence-corrected chi connectivity index (χ3v) is 5.98. The van der Waals surface area contributed by atoms with Crippen molar-refractivity contribution in [2.75, 3.05) is 20.2 Å². The van der Waals surface area contributed by atoms with Gasteiger partial charge in [-0.15, -0.1) is 0 Å². The normalized spacial score (nSPS) is 18.2. The number of hydrogen-bond donors (Lipinski definition) is 1. The Balaban J connectivity index is 1.45. The van der Waals surface area contributed by atoms with Crippen LogP contribution in [0.15, 0.2) is 36.7 Å². The van der Waals surface area contributed by atoms with Gasteiger partial charge in [0.25, 0.3) is 0 Å². The molecular formula is C23H30N2O4. The lowest BCUT2D eigenvalue weighted by atomic mass is 10.1. The van der Waals surface area contributed by atoms with Crippen molar-refractivity contribution in [2.24, 2.45) is 0 Å². The van der Waals surface area contributed by atoms with Gasteiger partial charge < -0.3 is 24.0 Å². The van der Waals surface area contributed by atoms with Gasteiger partial charge in [-0.25, -0.2) is 0 Å². The van der Waals surface area contributed by atoms with Gasteiger partial charge in [0, 0.05) is 25.5 Å². The summed E-state index contributed by atoms with van der Waals surface area (Å²) in [5.41, 5.74) is 2.09. The number of likely N-dealkylation sites (tertiary alicyclic amines) is 1. The summed E-state index contributed by atoms with van der Waals surface area (Å²) in [4.78, 5) is 14.4. The summed E-state index contributed by atoms with van der Waals surface area (Å²) in [6, 6.07) is 8.02. The molecule has 1 aromatic heterocycles. The number of benzene rings is 1. The maximum atomic E-state index is 12.5. The van der Waals surface area contributed by atoms with Gasteiger partial charge in [0.1, 0.15) is 6.54 Å². The second-order valence-corrected chi connectivity index (χ2v) is 8.07. The maximum absolute atomic E-state index is 12.5. The molecule has 1 aromatic carbocycles. The van der Waals surface area contributed by atoms with Crippen molar-refractivity contribution < 1.29 is 19.4 Å². The van der Waals surface area contributed by atoms with Gasteiger partial charge in [0.05, 0.1) is 19.3 Å². The summed E-state index contributed by atoms with van der Waals surface area (Å²) in [7, 11) is 1.66. The Labute approximate surface area is 172 Å². The van der Waals surface area contributed by atoms with Crippen LogP contribution in [-0.4, -0.2) is 52.9 Å². The number of aromatic nitrogens is 1. The standard InChI is InChI=1S/C23H30N2O4/c1-28-21-7-6-17(14-22(21)29-20-4-2-3-5-20)18-8-11-24(15-18)16-23(27)25-12-9-19(26)10-13-25/h6-8,11,14-15,19-20,26H,2-5,9-10,12-13,16H2,1H3. The van der Waals surface area contributed by atoms with E-state index < -0.39 is 0 Å². The van der Waals surface area contributed by atoms with Crippen molar-refractivity contribution in [3.63, 3.8) is 0 Å². The Morgan fingerprint density at radius 1 is 1.07 bits per heavy atom. The molecule has 0 radical (unpaired) electrons. The van der Waals surface area contributed by atoms with Crippen LogP contribution in [0, 0.1) is 0 Å². The highest BCUT2D eigenvalue weighted by atomic mass is 16.5. The molecule has 29 heavy (non-hydrogen) atoms.